The number of furan rings is 1. The Labute approximate surface area is 114 Å². The van der Waals surface area contributed by atoms with Crippen molar-refractivity contribution in [3.8, 4) is 0 Å². The molecular formula is C15H23NO3. The number of aryl methyl sites for hydroxylation is 1. The monoisotopic (exact) mass is 265 g/mol. The van der Waals surface area contributed by atoms with Crippen LogP contribution in [0.15, 0.2) is 10.5 Å². The van der Waals surface area contributed by atoms with Crippen molar-refractivity contribution < 1.29 is 14.3 Å². The van der Waals surface area contributed by atoms with Crippen molar-refractivity contribution in [1.82, 2.24) is 4.90 Å². The Hall–Kier alpha value is -1.29. The smallest absolute Gasteiger partial charge is 0.339 e. The molecule has 0 radical (unpaired) electrons. The maximum Gasteiger partial charge on any atom is 0.339 e. The highest BCUT2D eigenvalue weighted by atomic mass is 16.4. The molecule has 1 aromatic heterocycles. The maximum absolute atomic E-state index is 11.0. The Morgan fingerprint density at radius 2 is 2.16 bits per heavy atom. The van der Waals surface area contributed by atoms with E-state index in [1.165, 1.54) is 25.7 Å². The van der Waals surface area contributed by atoms with E-state index in [4.69, 9.17) is 9.52 Å². The largest absolute Gasteiger partial charge is 0.478 e. The summed E-state index contributed by atoms with van der Waals surface area (Å²) >= 11 is 0. The van der Waals surface area contributed by atoms with Gasteiger partial charge in [-0.1, -0.05) is 19.8 Å². The number of hydrogen-bond donors (Lipinski definition) is 1. The summed E-state index contributed by atoms with van der Waals surface area (Å²) in [6.45, 7) is 6.86. The first-order valence-corrected chi connectivity index (χ1v) is 7.15. The van der Waals surface area contributed by atoms with Crippen molar-refractivity contribution in [3.05, 3.63) is 23.2 Å². The third-order valence-corrected chi connectivity index (χ3v) is 3.98. The summed E-state index contributed by atoms with van der Waals surface area (Å²) in [5, 5.41) is 9.01. The van der Waals surface area contributed by atoms with Crippen LogP contribution in [0.5, 0.6) is 0 Å². The molecule has 1 fully saturated rings. The Kier molecular flexibility index (Phi) is 4.64. The average Bonchev–Trinajstić information content (AvgIpc) is 2.73. The number of likely N-dealkylation sites (tertiary alicyclic amines) is 1. The van der Waals surface area contributed by atoms with Crippen molar-refractivity contribution in [1.29, 1.82) is 0 Å². The van der Waals surface area contributed by atoms with Gasteiger partial charge in [-0.2, -0.15) is 0 Å². The topological polar surface area (TPSA) is 53.7 Å². The SMILES string of the molecule is CCCC1CCN(Cc2cc(C(=O)O)c(C)o2)CC1. The number of rotatable bonds is 5. The van der Waals surface area contributed by atoms with Gasteiger partial charge in [-0.3, -0.25) is 4.90 Å². The molecule has 4 nitrogen and oxygen atoms in total. The van der Waals surface area contributed by atoms with E-state index >= 15 is 0 Å². The quantitative estimate of drug-likeness (QED) is 0.887. The van der Waals surface area contributed by atoms with E-state index in [1.54, 1.807) is 13.0 Å². The van der Waals surface area contributed by atoms with Gasteiger partial charge in [0.05, 0.1) is 6.54 Å². The van der Waals surface area contributed by atoms with E-state index in [0.717, 1.165) is 31.3 Å². The third kappa shape index (κ3) is 3.60. The number of hydrogen-bond acceptors (Lipinski definition) is 3. The molecule has 0 atom stereocenters. The summed E-state index contributed by atoms with van der Waals surface area (Å²) in [5.74, 6) is 1.23. The van der Waals surface area contributed by atoms with Gasteiger partial charge in [-0.05, 0) is 44.8 Å². The summed E-state index contributed by atoms with van der Waals surface area (Å²) in [6.07, 6.45) is 5.10. The van der Waals surface area contributed by atoms with Crippen LogP contribution in [0.1, 0.15) is 54.5 Å². The Morgan fingerprint density at radius 3 is 2.68 bits per heavy atom. The standard InChI is InChI=1S/C15H23NO3/c1-3-4-12-5-7-16(8-6-12)10-13-9-14(15(17)18)11(2)19-13/h9,12H,3-8,10H2,1-2H3,(H,17,18). The van der Waals surface area contributed by atoms with Crippen LogP contribution in [0.4, 0.5) is 0 Å². The summed E-state index contributed by atoms with van der Waals surface area (Å²) in [4.78, 5) is 13.3. The minimum atomic E-state index is -0.908. The second-order valence-corrected chi connectivity index (χ2v) is 5.50. The van der Waals surface area contributed by atoms with Gasteiger partial charge in [0.1, 0.15) is 17.1 Å². The van der Waals surface area contributed by atoms with Gasteiger partial charge < -0.3 is 9.52 Å². The van der Waals surface area contributed by atoms with Crippen LogP contribution in [-0.4, -0.2) is 29.1 Å². The van der Waals surface area contributed by atoms with Gasteiger partial charge in [0, 0.05) is 0 Å². The molecule has 1 saturated heterocycles. The Morgan fingerprint density at radius 1 is 1.47 bits per heavy atom. The van der Waals surface area contributed by atoms with E-state index in [2.05, 4.69) is 11.8 Å². The number of aromatic carboxylic acids is 1. The van der Waals surface area contributed by atoms with Crippen molar-refractivity contribution in [3.63, 3.8) is 0 Å². The zero-order chi connectivity index (χ0) is 13.8. The van der Waals surface area contributed by atoms with E-state index in [9.17, 15) is 4.79 Å². The van der Waals surface area contributed by atoms with E-state index < -0.39 is 5.97 Å². The maximum atomic E-state index is 11.0. The van der Waals surface area contributed by atoms with Crippen molar-refractivity contribution >= 4 is 5.97 Å². The Balaban J connectivity index is 1.89. The lowest BCUT2D eigenvalue weighted by molar-refractivity contribution is 0.0695. The molecule has 0 aromatic carbocycles. The first-order chi connectivity index (χ1) is 9.10. The fourth-order valence-corrected chi connectivity index (χ4v) is 2.90. The minimum absolute atomic E-state index is 0.288. The summed E-state index contributed by atoms with van der Waals surface area (Å²) < 4.78 is 5.53. The van der Waals surface area contributed by atoms with Gasteiger partial charge in [0.25, 0.3) is 0 Å². The highest BCUT2D eigenvalue weighted by molar-refractivity contribution is 5.88. The van der Waals surface area contributed by atoms with Crippen LogP contribution in [0.25, 0.3) is 0 Å². The molecule has 4 heteroatoms. The van der Waals surface area contributed by atoms with Crippen LogP contribution in [0.2, 0.25) is 0 Å². The molecule has 1 aliphatic rings. The first kappa shape index (κ1) is 14.1. The lowest BCUT2D eigenvalue weighted by atomic mass is 9.92. The fourth-order valence-electron chi connectivity index (χ4n) is 2.90. The fraction of sp³-hybridized carbons (Fsp3) is 0.667. The third-order valence-electron chi connectivity index (χ3n) is 3.98. The summed E-state index contributed by atoms with van der Waals surface area (Å²) in [6, 6.07) is 1.66. The van der Waals surface area contributed by atoms with E-state index in [0.29, 0.717) is 5.76 Å². The normalized spacial score (nSPS) is 17.8. The number of carboxylic acids is 1. The van der Waals surface area contributed by atoms with Gasteiger partial charge >= 0.3 is 5.97 Å². The van der Waals surface area contributed by atoms with Gasteiger partial charge in [-0.15, -0.1) is 0 Å². The second kappa shape index (κ2) is 6.24. The summed E-state index contributed by atoms with van der Waals surface area (Å²) in [5.41, 5.74) is 0.288. The average molecular weight is 265 g/mol. The zero-order valence-corrected chi connectivity index (χ0v) is 11.8. The molecule has 0 saturated carbocycles. The van der Waals surface area contributed by atoms with Crippen LogP contribution in [0.3, 0.4) is 0 Å². The molecule has 0 bridgehead atoms. The zero-order valence-electron chi connectivity index (χ0n) is 11.8. The van der Waals surface area contributed by atoms with Crippen LogP contribution >= 0.6 is 0 Å². The molecule has 0 amide bonds. The molecule has 2 heterocycles. The molecule has 1 N–H and O–H groups in total. The summed E-state index contributed by atoms with van der Waals surface area (Å²) in [7, 11) is 0. The van der Waals surface area contributed by atoms with Crippen molar-refractivity contribution in [2.75, 3.05) is 13.1 Å². The van der Waals surface area contributed by atoms with Gasteiger partial charge in [0.15, 0.2) is 0 Å². The molecule has 0 unspecified atom stereocenters. The molecular weight excluding hydrogens is 242 g/mol. The number of piperidine rings is 1. The lowest BCUT2D eigenvalue weighted by Gasteiger charge is -2.31. The number of carboxylic acid groups (broad SMARTS) is 1. The molecule has 1 aliphatic heterocycles. The minimum Gasteiger partial charge on any atom is -0.478 e. The molecule has 2 rings (SSSR count). The van der Waals surface area contributed by atoms with E-state index in [1.807, 2.05) is 0 Å². The lowest BCUT2D eigenvalue weighted by Crippen LogP contribution is -2.33. The second-order valence-electron chi connectivity index (χ2n) is 5.50. The first-order valence-electron chi connectivity index (χ1n) is 7.15. The number of nitrogens with zero attached hydrogens (tertiary/aromatic N) is 1. The van der Waals surface area contributed by atoms with E-state index in [-0.39, 0.29) is 5.56 Å². The van der Waals surface area contributed by atoms with Crippen LogP contribution in [-0.2, 0) is 6.54 Å². The molecule has 1 aromatic rings. The molecule has 0 aliphatic carbocycles. The molecule has 0 spiro atoms. The van der Waals surface area contributed by atoms with Crippen LogP contribution in [0, 0.1) is 12.8 Å². The predicted molar refractivity (Wildman–Crippen MR) is 73.3 cm³/mol. The molecule has 19 heavy (non-hydrogen) atoms. The number of carbonyl (C=O) groups is 1. The van der Waals surface area contributed by atoms with Gasteiger partial charge in [-0.25, -0.2) is 4.79 Å². The predicted octanol–water partition coefficient (Wildman–Crippen LogP) is 3.30. The van der Waals surface area contributed by atoms with Gasteiger partial charge in [0.2, 0.25) is 0 Å². The van der Waals surface area contributed by atoms with Crippen molar-refractivity contribution in [2.24, 2.45) is 5.92 Å². The Bertz CT molecular complexity index is 431. The molecule has 106 valence electrons. The highest BCUT2D eigenvalue weighted by Gasteiger charge is 2.21. The van der Waals surface area contributed by atoms with Crippen LogP contribution < -0.4 is 0 Å². The van der Waals surface area contributed by atoms with Crippen molar-refractivity contribution in [2.45, 2.75) is 46.1 Å². The highest BCUT2D eigenvalue weighted by Crippen LogP contribution is 2.24.